The first-order valence-electron chi connectivity index (χ1n) is 12.1. The Morgan fingerprint density at radius 1 is 0.500 bits per heavy atom. The molecule has 36 heavy (non-hydrogen) atoms. The predicted molar refractivity (Wildman–Crippen MR) is 165 cm³/mol. The Labute approximate surface area is 225 Å². The van der Waals surface area contributed by atoms with Crippen LogP contribution in [-0.4, -0.2) is 5.75 Å². The number of benzene rings is 4. The van der Waals surface area contributed by atoms with Crippen molar-refractivity contribution in [1.29, 1.82) is 0 Å². The largest absolute Gasteiger partial charge is 0.144 e. The van der Waals surface area contributed by atoms with Gasteiger partial charge in [-0.3, -0.25) is 0 Å². The van der Waals surface area contributed by atoms with Gasteiger partial charge in [0.15, 0.2) is 0 Å². The molecule has 0 saturated carbocycles. The zero-order valence-electron chi connectivity index (χ0n) is 19.3. The summed E-state index contributed by atoms with van der Waals surface area (Å²) in [5, 5.41) is 14.8. The van der Waals surface area contributed by atoms with E-state index in [0.29, 0.717) is 0 Å². The summed E-state index contributed by atoms with van der Waals surface area (Å²) in [7, 11) is 0. The van der Waals surface area contributed by atoms with Gasteiger partial charge < -0.3 is 0 Å². The molecule has 0 fully saturated rings. The Morgan fingerprint density at radius 3 is 1.33 bits per heavy atom. The molecule has 3 aromatic heterocycles. The molecule has 0 amide bonds. The van der Waals surface area contributed by atoms with E-state index < -0.39 is 0 Å². The van der Waals surface area contributed by atoms with Crippen LogP contribution in [0.15, 0.2) is 95.0 Å². The molecule has 0 radical (unpaired) electrons. The highest BCUT2D eigenvalue weighted by Crippen LogP contribution is 2.50. The maximum atomic E-state index is 2.46. The molecule has 7 aromatic rings. The van der Waals surface area contributed by atoms with Gasteiger partial charge in [0.1, 0.15) is 0 Å². The third kappa shape index (κ3) is 3.12. The van der Waals surface area contributed by atoms with Crippen molar-refractivity contribution in [2.24, 2.45) is 0 Å². The number of hydrogen-bond acceptors (Lipinski definition) is 4. The topological polar surface area (TPSA) is 0 Å². The summed E-state index contributed by atoms with van der Waals surface area (Å²) in [6.45, 7) is 0. The van der Waals surface area contributed by atoms with Crippen molar-refractivity contribution in [3.63, 3.8) is 0 Å². The van der Waals surface area contributed by atoms with Crippen LogP contribution in [0.25, 0.3) is 68.5 Å². The summed E-state index contributed by atoms with van der Waals surface area (Å²) in [5.74, 6) is 1.18. The highest BCUT2D eigenvalue weighted by molar-refractivity contribution is 8.08. The summed E-state index contributed by atoms with van der Waals surface area (Å²) in [6.07, 6.45) is 3.59. The maximum absolute atomic E-state index is 2.46. The minimum absolute atomic E-state index is 1.15. The van der Waals surface area contributed by atoms with Crippen LogP contribution in [-0.2, 0) is 0 Å². The Morgan fingerprint density at radius 2 is 0.944 bits per heavy atom. The Hall–Kier alpha value is -2.89. The van der Waals surface area contributed by atoms with Crippen LogP contribution < -0.4 is 0 Å². The number of allylic oxidation sites excluding steroid dienone is 1. The third-order valence-corrected chi connectivity index (χ3v) is 11.1. The molecule has 4 heterocycles. The average Bonchev–Trinajstić information content (AvgIpc) is 3.74. The van der Waals surface area contributed by atoms with Gasteiger partial charge in [0.05, 0.1) is 0 Å². The van der Waals surface area contributed by atoms with Crippen LogP contribution >= 0.6 is 45.8 Å². The summed E-state index contributed by atoms with van der Waals surface area (Å²) in [4.78, 5) is 5.44. The van der Waals surface area contributed by atoms with Gasteiger partial charge >= 0.3 is 0 Å². The molecule has 0 saturated heterocycles. The van der Waals surface area contributed by atoms with E-state index in [9.17, 15) is 0 Å². The summed E-state index contributed by atoms with van der Waals surface area (Å²) in [5.41, 5.74) is 5.43. The number of thiophene rings is 3. The van der Waals surface area contributed by atoms with Crippen LogP contribution in [0.4, 0.5) is 0 Å². The van der Waals surface area contributed by atoms with Crippen molar-refractivity contribution in [3.05, 3.63) is 101 Å². The van der Waals surface area contributed by atoms with Gasteiger partial charge in [-0.2, -0.15) is 0 Å². The van der Waals surface area contributed by atoms with E-state index >= 15 is 0 Å². The molecule has 0 atom stereocenters. The van der Waals surface area contributed by atoms with Crippen LogP contribution in [0.1, 0.15) is 12.0 Å². The average molecular weight is 533 g/mol. The molecular formula is C32H20S4. The summed E-state index contributed by atoms with van der Waals surface area (Å²) in [6, 6.07) is 27.7. The van der Waals surface area contributed by atoms with Crippen molar-refractivity contribution in [2.75, 3.05) is 5.75 Å². The third-order valence-electron chi connectivity index (χ3n) is 7.23. The SMILES string of the molecule is C1=C(c2cc(-c3cccs3)c3ccc4c(-c5cccs5)cc(-c5cccs5)c5ccc2c3c54)SCC1. The molecule has 172 valence electrons. The van der Waals surface area contributed by atoms with Crippen molar-refractivity contribution in [3.8, 4) is 31.3 Å². The minimum Gasteiger partial charge on any atom is -0.144 e. The molecular weight excluding hydrogens is 513 g/mol. The second-order valence-electron chi connectivity index (χ2n) is 9.15. The highest BCUT2D eigenvalue weighted by Gasteiger charge is 2.22. The van der Waals surface area contributed by atoms with Gasteiger partial charge in [-0.1, -0.05) is 48.5 Å². The molecule has 1 aliphatic heterocycles. The fourth-order valence-corrected chi connectivity index (χ4v) is 9.00. The first-order valence-corrected chi connectivity index (χ1v) is 15.7. The predicted octanol–water partition coefficient (Wildman–Crippen LogP) is 11.2. The van der Waals surface area contributed by atoms with Crippen LogP contribution in [0.3, 0.4) is 0 Å². The molecule has 0 spiro atoms. The quantitative estimate of drug-likeness (QED) is 0.203. The Kier molecular flexibility index (Phi) is 4.91. The molecule has 0 unspecified atom stereocenters. The zero-order valence-corrected chi connectivity index (χ0v) is 22.6. The molecule has 4 aromatic carbocycles. The van der Waals surface area contributed by atoms with E-state index in [-0.39, 0.29) is 0 Å². The first kappa shape index (κ1) is 21.2. The molecule has 0 N–H and O–H groups in total. The van der Waals surface area contributed by atoms with Gasteiger partial charge in [-0.05, 0) is 90.8 Å². The van der Waals surface area contributed by atoms with Crippen molar-refractivity contribution in [2.45, 2.75) is 6.42 Å². The first-order chi connectivity index (χ1) is 17.9. The molecule has 0 nitrogen and oxygen atoms in total. The lowest BCUT2D eigenvalue weighted by molar-refractivity contribution is 1.28. The standard InChI is InChI=1S/C32H20S4/c1-5-27(33-13-1)23-17-24(28-6-2-14-34-28)20-11-12-22-26(30-8-4-16-36-30)18-25(29-7-3-15-35-29)21-10-9-19(23)31(20)32(21)22/h1-3,5-15,17-18H,4,16H2. The van der Waals surface area contributed by atoms with E-state index in [2.05, 4.69) is 95.0 Å². The smallest absolute Gasteiger partial charge is 0.0349 e. The molecule has 1 aliphatic rings. The van der Waals surface area contributed by atoms with Crippen molar-refractivity contribution < 1.29 is 0 Å². The Balaban J connectivity index is 1.60. The fraction of sp³-hybridized carbons (Fsp3) is 0.0625. The number of rotatable bonds is 4. The molecule has 0 aliphatic carbocycles. The number of thioether (sulfide) groups is 1. The van der Waals surface area contributed by atoms with Crippen LogP contribution in [0.2, 0.25) is 0 Å². The Bertz CT molecular complexity index is 1830. The van der Waals surface area contributed by atoms with Gasteiger partial charge in [0, 0.05) is 42.0 Å². The van der Waals surface area contributed by atoms with Crippen molar-refractivity contribution >= 4 is 83.0 Å². The second kappa shape index (κ2) is 8.32. The second-order valence-corrected chi connectivity index (χ2v) is 13.1. The zero-order chi connectivity index (χ0) is 23.6. The lowest BCUT2D eigenvalue weighted by Crippen LogP contribution is -1.93. The van der Waals surface area contributed by atoms with E-state index in [1.165, 1.54) is 79.9 Å². The minimum atomic E-state index is 1.15. The molecule has 4 heteroatoms. The van der Waals surface area contributed by atoms with Gasteiger partial charge in [0.2, 0.25) is 0 Å². The van der Waals surface area contributed by atoms with Crippen molar-refractivity contribution in [1.82, 2.24) is 0 Å². The van der Waals surface area contributed by atoms with Crippen LogP contribution in [0, 0.1) is 0 Å². The van der Waals surface area contributed by atoms with E-state index in [4.69, 9.17) is 0 Å². The van der Waals surface area contributed by atoms with E-state index in [1.807, 2.05) is 45.8 Å². The monoisotopic (exact) mass is 532 g/mol. The maximum Gasteiger partial charge on any atom is 0.0349 e. The van der Waals surface area contributed by atoms with Crippen LogP contribution in [0.5, 0.6) is 0 Å². The van der Waals surface area contributed by atoms with Gasteiger partial charge in [0.25, 0.3) is 0 Å². The lowest BCUT2D eigenvalue weighted by Gasteiger charge is -2.20. The van der Waals surface area contributed by atoms with E-state index in [0.717, 1.165) is 6.42 Å². The van der Waals surface area contributed by atoms with Gasteiger partial charge in [-0.25, -0.2) is 0 Å². The fourth-order valence-electron chi connectivity index (χ4n) is 5.71. The van der Waals surface area contributed by atoms with E-state index in [1.54, 1.807) is 0 Å². The van der Waals surface area contributed by atoms with Gasteiger partial charge in [-0.15, -0.1) is 45.8 Å². The summed E-state index contributed by atoms with van der Waals surface area (Å²) >= 11 is 7.50. The molecule has 8 rings (SSSR count). The normalized spacial score (nSPS) is 13.9. The summed E-state index contributed by atoms with van der Waals surface area (Å²) < 4.78 is 0. The molecule has 0 bridgehead atoms. The lowest BCUT2D eigenvalue weighted by atomic mass is 9.85. The highest BCUT2D eigenvalue weighted by atomic mass is 32.2. The number of hydrogen-bond donors (Lipinski definition) is 0.